The third kappa shape index (κ3) is 1.70. The molecule has 0 bridgehead atoms. The molecule has 3 nitrogen and oxygen atoms in total. The maximum absolute atomic E-state index is 5.90. The first-order valence-electron chi connectivity index (χ1n) is 5.89. The SMILES string of the molecule is CN/C=C\Nc1cccc2c1oc1ccccc12. The summed E-state index contributed by atoms with van der Waals surface area (Å²) in [5.41, 5.74) is 2.77. The van der Waals surface area contributed by atoms with Gasteiger partial charge < -0.3 is 15.1 Å². The predicted molar refractivity (Wildman–Crippen MR) is 75.5 cm³/mol. The van der Waals surface area contributed by atoms with Crippen molar-refractivity contribution < 1.29 is 4.42 Å². The summed E-state index contributed by atoms with van der Waals surface area (Å²) in [6.45, 7) is 0. The Morgan fingerprint density at radius 1 is 0.944 bits per heavy atom. The zero-order valence-corrected chi connectivity index (χ0v) is 10.1. The van der Waals surface area contributed by atoms with E-state index in [0.717, 1.165) is 27.6 Å². The second-order valence-corrected chi connectivity index (χ2v) is 4.05. The highest BCUT2D eigenvalue weighted by atomic mass is 16.3. The molecule has 0 radical (unpaired) electrons. The van der Waals surface area contributed by atoms with Crippen LogP contribution in [0.5, 0.6) is 0 Å². The van der Waals surface area contributed by atoms with E-state index in [1.54, 1.807) is 0 Å². The standard InChI is InChI=1S/C15H14N2O/c1-16-9-10-17-13-7-4-6-12-11-5-2-3-8-14(11)18-15(12)13/h2-10,16-17H,1H3/b10-9-. The van der Waals surface area contributed by atoms with Gasteiger partial charge in [-0.1, -0.05) is 30.3 Å². The molecule has 3 heteroatoms. The van der Waals surface area contributed by atoms with E-state index in [9.17, 15) is 0 Å². The fraction of sp³-hybridized carbons (Fsp3) is 0.0667. The zero-order valence-electron chi connectivity index (χ0n) is 10.1. The molecule has 0 atom stereocenters. The molecule has 0 aliphatic carbocycles. The van der Waals surface area contributed by atoms with Crippen molar-refractivity contribution in [3.8, 4) is 0 Å². The lowest BCUT2D eigenvalue weighted by Crippen LogP contribution is -1.95. The second-order valence-electron chi connectivity index (χ2n) is 4.05. The van der Waals surface area contributed by atoms with Gasteiger partial charge in [-0.15, -0.1) is 0 Å². The maximum atomic E-state index is 5.90. The minimum atomic E-state index is 0.888. The number of para-hydroxylation sites is 2. The van der Waals surface area contributed by atoms with Crippen LogP contribution in [0.25, 0.3) is 21.9 Å². The zero-order chi connectivity index (χ0) is 12.4. The van der Waals surface area contributed by atoms with E-state index in [4.69, 9.17) is 4.42 Å². The van der Waals surface area contributed by atoms with Crippen LogP contribution in [0.4, 0.5) is 5.69 Å². The Balaban J connectivity index is 2.18. The maximum Gasteiger partial charge on any atom is 0.158 e. The van der Waals surface area contributed by atoms with Crippen molar-refractivity contribution in [3.63, 3.8) is 0 Å². The molecule has 18 heavy (non-hydrogen) atoms. The van der Waals surface area contributed by atoms with Crippen molar-refractivity contribution in [2.45, 2.75) is 0 Å². The molecule has 3 rings (SSSR count). The summed E-state index contributed by atoms with van der Waals surface area (Å²) in [6, 6.07) is 14.2. The molecule has 0 unspecified atom stereocenters. The Morgan fingerprint density at radius 2 is 1.78 bits per heavy atom. The number of rotatable bonds is 3. The number of nitrogens with one attached hydrogen (secondary N) is 2. The minimum absolute atomic E-state index is 0.888. The summed E-state index contributed by atoms with van der Waals surface area (Å²) in [5, 5.41) is 8.43. The smallest absolute Gasteiger partial charge is 0.158 e. The number of benzene rings is 2. The van der Waals surface area contributed by atoms with Crippen LogP contribution in [0, 0.1) is 0 Å². The molecular weight excluding hydrogens is 224 g/mol. The van der Waals surface area contributed by atoms with Crippen molar-refractivity contribution in [2.24, 2.45) is 0 Å². The van der Waals surface area contributed by atoms with Crippen LogP contribution in [0.3, 0.4) is 0 Å². The van der Waals surface area contributed by atoms with Gasteiger partial charge in [-0.25, -0.2) is 0 Å². The number of hydrogen-bond acceptors (Lipinski definition) is 3. The fourth-order valence-corrected chi connectivity index (χ4v) is 2.08. The molecule has 0 fully saturated rings. The van der Waals surface area contributed by atoms with E-state index in [-0.39, 0.29) is 0 Å². The molecule has 2 aromatic carbocycles. The highest BCUT2D eigenvalue weighted by Gasteiger charge is 2.08. The highest BCUT2D eigenvalue weighted by molar-refractivity contribution is 6.08. The Morgan fingerprint density at radius 3 is 2.67 bits per heavy atom. The number of anilines is 1. The molecule has 3 aromatic rings. The average molecular weight is 238 g/mol. The molecule has 0 spiro atoms. The van der Waals surface area contributed by atoms with Crippen molar-refractivity contribution in [2.75, 3.05) is 12.4 Å². The highest BCUT2D eigenvalue weighted by Crippen LogP contribution is 2.32. The third-order valence-electron chi connectivity index (χ3n) is 2.89. The lowest BCUT2D eigenvalue weighted by molar-refractivity contribution is 0.670. The molecule has 0 aliphatic heterocycles. The van der Waals surface area contributed by atoms with Crippen LogP contribution in [0.15, 0.2) is 59.3 Å². The monoisotopic (exact) mass is 238 g/mol. The molecule has 1 heterocycles. The normalized spacial score (nSPS) is 11.4. The van der Waals surface area contributed by atoms with Crippen LogP contribution in [0.2, 0.25) is 0 Å². The number of hydrogen-bond donors (Lipinski definition) is 2. The van der Waals surface area contributed by atoms with Gasteiger partial charge in [0.25, 0.3) is 0 Å². The summed E-state index contributed by atoms with van der Waals surface area (Å²) >= 11 is 0. The Bertz CT molecular complexity index is 713. The van der Waals surface area contributed by atoms with Crippen LogP contribution >= 0.6 is 0 Å². The van der Waals surface area contributed by atoms with Gasteiger partial charge in [0.2, 0.25) is 0 Å². The summed E-state index contributed by atoms with van der Waals surface area (Å²) in [5.74, 6) is 0. The van der Waals surface area contributed by atoms with Gasteiger partial charge in [0.15, 0.2) is 5.58 Å². The Labute approximate surface area is 105 Å². The molecule has 0 saturated heterocycles. The Hall–Kier alpha value is -2.42. The molecular formula is C15H14N2O. The lowest BCUT2D eigenvalue weighted by atomic mass is 10.1. The topological polar surface area (TPSA) is 37.2 Å². The largest absolute Gasteiger partial charge is 0.454 e. The molecule has 2 N–H and O–H groups in total. The first-order chi connectivity index (χ1) is 8.90. The van der Waals surface area contributed by atoms with Gasteiger partial charge in [-0.05, 0) is 12.1 Å². The Kier molecular flexibility index (Phi) is 2.65. The predicted octanol–water partition coefficient (Wildman–Crippen LogP) is 3.69. The molecule has 0 saturated carbocycles. The molecule has 0 aliphatic rings. The van der Waals surface area contributed by atoms with E-state index in [2.05, 4.69) is 22.8 Å². The first-order valence-corrected chi connectivity index (χ1v) is 5.89. The molecule has 0 amide bonds. The first kappa shape index (κ1) is 10.7. The summed E-state index contributed by atoms with van der Waals surface area (Å²) < 4.78 is 5.90. The van der Waals surface area contributed by atoms with Crippen molar-refractivity contribution in [1.29, 1.82) is 0 Å². The molecule has 90 valence electrons. The van der Waals surface area contributed by atoms with Gasteiger partial charge in [-0.3, -0.25) is 0 Å². The lowest BCUT2D eigenvalue weighted by Gasteiger charge is -2.00. The average Bonchev–Trinajstić information content (AvgIpc) is 2.79. The van der Waals surface area contributed by atoms with Crippen LogP contribution in [-0.2, 0) is 0 Å². The van der Waals surface area contributed by atoms with Gasteiger partial charge in [-0.2, -0.15) is 0 Å². The quantitative estimate of drug-likeness (QED) is 0.730. The molecule has 1 aromatic heterocycles. The van der Waals surface area contributed by atoms with E-state index >= 15 is 0 Å². The van der Waals surface area contributed by atoms with Crippen molar-refractivity contribution in [1.82, 2.24) is 5.32 Å². The third-order valence-corrected chi connectivity index (χ3v) is 2.89. The summed E-state index contributed by atoms with van der Waals surface area (Å²) in [4.78, 5) is 0. The van der Waals surface area contributed by atoms with Gasteiger partial charge in [0.1, 0.15) is 5.58 Å². The number of fused-ring (bicyclic) bond motifs is 3. The van der Waals surface area contributed by atoms with E-state index in [0.29, 0.717) is 0 Å². The van der Waals surface area contributed by atoms with Gasteiger partial charge in [0.05, 0.1) is 5.69 Å². The van der Waals surface area contributed by atoms with Crippen molar-refractivity contribution in [3.05, 3.63) is 54.9 Å². The van der Waals surface area contributed by atoms with E-state index in [1.807, 2.05) is 49.8 Å². The minimum Gasteiger partial charge on any atom is -0.454 e. The van der Waals surface area contributed by atoms with Crippen LogP contribution < -0.4 is 10.6 Å². The van der Waals surface area contributed by atoms with Crippen LogP contribution in [-0.4, -0.2) is 7.05 Å². The van der Waals surface area contributed by atoms with Crippen molar-refractivity contribution >= 4 is 27.6 Å². The fourth-order valence-electron chi connectivity index (χ4n) is 2.08. The summed E-state index contributed by atoms with van der Waals surface area (Å²) in [6.07, 6.45) is 3.68. The van der Waals surface area contributed by atoms with E-state index < -0.39 is 0 Å². The van der Waals surface area contributed by atoms with Gasteiger partial charge in [0, 0.05) is 30.2 Å². The summed E-state index contributed by atoms with van der Waals surface area (Å²) in [7, 11) is 1.86. The van der Waals surface area contributed by atoms with Gasteiger partial charge >= 0.3 is 0 Å². The van der Waals surface area contributed by atoms with Crippen LogP contribution in [0.1, 0.15) is 0 Å². The number of furan rings is 1. The second kappa shape index (κ2) is 4.45. The van der Waals surface area contributed by atoms with E-state index in [1.165, 1.54) is 0 Å².